The van der Waals surface area contributed by atoms with Gasteiger partial charge in [-0.3, -0.25) is 4.90 Å². The molecule has 0 aliphatic carbocycles. The number of hydrogen-bond donors (Lipinski definition) is 2. The van der Waals surface area contributed by atoms with Crippen molar-refractivity contribution in [3.8, 4) is 23.0 Å². The summed E-state index contributed by atoms with van der Waals surface area (Å²) in [4.78, 5) is 3.86. The maximum atomic E-state index is 10.2. The Labute approximate surface area is 202 Å². The van der Waals surface area contributed by atoms with Gasteiger partial charge in [0.25, 0.3) is 0 Å². The van der Waals surface area contributed by atoms with Gasteiger partial charge in [0, 0.05) is 30.6 Å². The van der Waals surface area contributed by atoms with Crippen molar-refractivity contribution in [1.82, 2.24) is 10.2 Å². The van der Waals surface area contributed by atoms with E-state index in [0.29, 0.717) is 23.3 Å². The fraction of sp³-hybridized carbons (Fsp3) is 0.538. The number of methoxy groups -OCH3 is 3. The van der Waals surface area contributed by atoms with Gasteiger partial charge in [0.2, 0.25) is 5.75 Å². The molecule has 2 aromatic rings. The van der Waals surface area contributed by atoms with Gasteiger partial charge in [0.05, 0.1) is 21.3 Å². The molecule has 1 atom stereocenters. The molecule has 1 aliphatic rings. The molecule has 1 unspecified atom stereocenters. The molecule has 1 aliphatic heterocycles. The van der Waals surface area contributed by atoms with E-state index >= 15 is 0 Å². The Kier molecular flexibility index (Phi) is 9.18. The Morgan fingerprint density at radius 1 is 1.06 bits per heavy atom. The molecule has 2 aromatic carbocycles. The van der Waals surface area contributed by atoms with Crippen molar-refractivity contribution < 1.29 is 19.3 Å². The highest BCUT2D eigenvalue weighted by Crippen LogP contribution is 2.40. The predicted octanol–water partition coefficient (Wildman–Crippen LogP) is 4.34. The highest BCUT2D eigenvalue weighted by atomic mass is 32.2. The van der Waals surface area contributed by atoms with Gasteiger partial charge in [0.15, 0.2) is 11.5 Å². The molecule has 0 spiro atoms. The number of aromatic hydroxyl groups is 1. The van der Waals surface area contributed by atoms with Gasteiger partial charge in [-0.05, 0) is 80.3 Å². The van der Waals surface area contributed by atoms with Gasteiger partial charge < -0.3 is 24.6 Å². The first-order chi connectivity index (χ1) is 15.9. The SMILES string of the molecule is COc1ccc(CC2CNCCN2CCCSc2cc(C)c(O)c(C)c2C)c(OC)c1OC. The van der Waals surface area contributed by atoms with Gasteiger partial charge in [-0.25, -0.2) is 0 Å². The summed E-state index contributed by atoms with van der Waals surface area (Å²) in [6.45, 7) is 10.1. The highest BCUT2D eigenvalue weighted by Gasteiger charge is 2.25. The molecule has 0 aromatic heterocycles. The van der Waals surface area contributed by atoms with Gasteiger partial charge in [-0.2, -0.15) is 0 Å². The normalized spacial score (nSPS) is 16.6. The summed E-state index contributed by atoms with van der Waals surface area (Å²) >= 11 is 1.89. The second-order valence-electron chi connectivity index (χ2n) is 8.58. The van der Waals surface area contributed by atoms with Crippen LogP contribution in [0.25, 0.3) is 0 Å². The number of piperazine rings is 1. The number of phenolic OH excluding ortho intramolecular Hbond substituents is 1. The van der Waals surface area contributed by atoms with Crippen molar-refractivity contribution in [1.29, 1.82) is 0 Å². The topological polar surface area (TPSA) is 63.2 Å². The minimum Gasteiger partial charge on any atom is -0.507 e. The first-order valence-corrected chi connectivity index (χ1v) is 12.5. The molecule has 0 saturated carbocycles. The van der Waals surface area contributed by atoms with E-state index in [4.69, 9.17) is 14.2 Å². The first kappa shape index (κ1) is 25.5. The van der Waals surface area contributed by atoms with Gasteiger partial charge >= 0.3 is 0 Å². The smallest absolute Gasteiger partial charge is 0.203 e. The van der Waals surface area contributed by atoms with Crippen LogP contribution in [0.5, 0.6) is 23.0 Å². The lowest BCUT2D eigenvalue weighted by molar-refractivity contribution is 0.160. The third-order valence-electron chi connectivity index (χ3n) is 6.57. The molecular weight excluding hydrogens is 436 g/mol. The maximum absolute atomic E-state index is 10.2. The maximum Gasteiger partial charge on any atom is 0.203 e. The van der Waals surface area contributed by atoms with E-state index in [2.05, 4.69) is 29.3 Å². The average molecular weight is 475 g/mol. The van der Waals surface area contributed by atoms with Crippen LogP contribution in [0.15, 0.2) is 23.1 Å². The van der Waals surface area contributed by atoms with Crippen LogP contribution in [0.3, 0.4) is 0 Å². The molecular formula is C26H38N2O4S. The van der Waals surface area contributed by atoms with Crippen LogP contribution in [-0.4, -0.2) is 69.3 Å². The zero-order chi connectivity index (χ0) is 24.0. The number of hydrogen-bond acceptors (Lipinski definition) is 7. The van der Waals surface area contributed by atoms with Crippen molar-refractivity contribution in [2.75, 3.05) is 53.3 Å². The number of phenols is 1. The Balaban J connectivity index is 1.63. The number of benzene rings is 2. The number of thioether (sulfide) groups is 1. The zero-order valence-electron chi connectivity index (χ0n) is 20.8. The summed E-state index contributed by atoms with van der Waals surface area (Å²) in [5.74, 6) is 3.57. The molecule has 1 saturated heterocycles. The van der Waals surface area contributed by atoms with Crippen LogP contribution >= 0.6 is 11.8 Å². The molecule has 0 radical (unpaired) electrons. The van der Waals surface area contributed by atoms with E-state index in [-0.39, 0.29) is 0 Å². The van der Waals surface area contributed by atoms with Crippen molar-refractivity contribution in [2.24, 2.45) is 0 Å². The van der Waals surface area contributed by atoms with E-state index in [1.807, 2.05) is 31.7 Å². The standard InChI is InChI=1S/C26H38N2O4S/c1-17-14-23(18(2)19(3)24(17)29)33-13-7-11-28-12-10-27-16-21(28)15-20-8-9-22(30-4)26(32-6)25(20)31-5/h8-9,14,21,27,29H,7,10-13,15-16H2,1-6H3. The van der Waals surface area contributed by atoms with E-state index in [0.717, 1.165) is 67.2 Å². The van der Waals surface area contributed by atoms with Crippen LogP contribution in [-0.2, 0) is 6.42 Å². The largest absolute Gasteiger partial charge is 0.507 e. The fourth-order valence-electron chi connectivity index (χ4n) is 4.51. The number of rotatable bonds is 10. The molecule has 0 bridgehead atoms. The molecule has 1 heterocycles. The zero-order valence-corrected chi connectivity index (χ0v) is 21.6. The lowest BCUT2D eigenvalue weighted by Crippen LogP contribution is -2.52. The number of ether oxygens (including phenoxy) is 3. The highest BCUT2D eigenvalue weighted by molar-refractivity contribution is 7.99. The first-order valence-electron chi connectivity index (χ1n) is 11.6. The molecule has 33 heavy (non-hydrogen) atoms. The molecule has 182 valence electrons. The van der Waals surface area contributed by atoms with Crippen LogP contribution < -0.4 is 19.5 Å². The third kappa shape index (κ3) is 5.89. The fourth-order valence-corrected chi connectivity index (χ4v) is 5.63. The predicted molar refractivity (Wildman–Crippen MR) is 136 cm³/mol. The monoisotopic (exact) mass is 474 g/mol. The number of nitrogens with one attached hydrogen (secondary N) is 1. The van der Waals surface area contributed by atoms with Crippen molar-refractivity contribution in [3.63, 3.8) is 0 Å². The molecule has 1 fully saturated rings. The summed E-state index contributed by atoms with van der Waals surface area (Å²) < 4.78 is 16.7. The summed E-state index contributed by atoms with van der Waals surface area (Å²) in [6, 6.07) is 6.55. The van der Waals surface area contributed by atoms with Gasteiger partial charge in [-0.15, -0.1) is 11.8 Å². The minimum absolute atomic E-state index is 0.399. The van der Waals surface area contributed by atoms with Crippen LogP contribution in [0, 0.1) is 20.8 Å². The van der Waals surface area contributed by atoms with Crippen molar-refractivity contribution >= 4 is 11.8 Å². The second-order valence-corrected chi connectivity index (χ2v) is 9.72. The Bertz CT molecular complexity index is 951. The molecule has 0 amide bonds. The van der Waals surface area contributed by atoms with Gasteiger partial charge in [0.1, 0.15) is 5.75 Å². The number of nitrogens with zero attached hydrogens (tertiary/aromatic N) is 1. The van der Waals surface area contributed by atoms with Crippen molar-refractivity contribution in [3.05, 3.63) is 40.5 Å². The lowest BCUT2D eigenvalue weighted by atomic mass is 10.0. The summed E-state index contributed by atoms with van der Waals surface area (Å²) in [6.07, 6.45) is 2.00. The molecule has 3 rings (SSSR count). The summed E-state index contributed by atoms with van der Waals surface area (Å²) in [5, 5.41) is 13.7. The molecule has 7 heteroatoms. The van der Waals surface area contributed by atoms with E-state index in [1.54, 1.807) is 21.3 Å². The van der Waals surface area contributed by atoms with E-state index < -0.39 is 0 Å². The van der Waals surface area contributed by atoms with Crippen LogP contribution in [0.2, 0.25) is 0 Å². The number of aryl methyl sites for hydroxylation is 1. The van der Waals surface area contributed by atoms with Gasteiger partial charge in [-0.1, -0.05) is 6.07 Å². The van der Waals surface area contributed by atoms with Crippen molar-refractivity contribution in [2.45, 2.75) is 44.6 Å². The summed E-state index contributed by atoms with van der Waals surface area (Å²) in [5.41, 5.74) is 4.26. The van der Waals surface area contributed by atoms with Crippen LogP contribution in [0.1, 0.15) is 28.7 Å². The molecule has 6 nitrogen and oxygen atoms in total. The second kappa shape index (κ2) is 11.9. The third-order valence-corrected chi connectivity index (χ3v) is 7.80. The Hall–Kier alpha value is -2.09. The Morgan fingerprint density at radius 3 is 2.52 bits per heavy atom. The molecule has 2 N–H and O–H groups in total. The Morgan fingerprint density at radius 2 is 1.82 bits per heavy atom. The van der Waals surface area contributed by atoms with E-state index in [1.165, 1.54) is 10.5 Å². The minimum atomic E-state index is 0.399. The average Bonchev–Trinajstić information content (AvgIpc) is 2.83. The van der Waals surface area contributed by atoms with Crippen LogP contribution in [0.4, 0.5) is 0 Å². The summed E-state index contributed by atoms with van der Waals surface area (Å²) in [7, 11) is 4.97. The van der Waals surface area contributed by atoms with E-state index in [9.17, 15) is 5.11 Å². The lowest BCUT2D eigenvalue weighted by Gasteiger charge is -2.36. The quantitative estimate of drug-likeness (QED) is 0.392.